The SMILES string of the molecule is CCOC(=O)[C@H]1[C@H]2C(=O)N(c3ccc(C)cc3)C[C@]23C=C[C@H]1O3. The Morgan fingerprint density at radius 1 is 1.39 bits per heavy atom. The van der Waals surface area contributed by atoms with Gasteiger partial charge in [0.1, 0.15) is 11.5 Å². The highest BCUT2D eigenvalue weighted by atomic mass is 16.6. The minimum absolute atomic E-state index is 0.0567. The number of anilines is 1. The number of esters is 1. The summed E-state index contributed by atoms with van der Waals surface area (Å²) in [5.74, 6) is -1.42. The molecule has 5 heteroatoms. The van der Waals surface area contributed by atoms with Gasteiger partial charge < -0.3 is 14.4 Å². The van der Waals surface area contributed by atoms with Crippen LogP contribution in [0.3, 0.4) is 0 Å². The molecule has 0 unspecified atom stereocenters. The molecule has 23 heavy (non-hydrogen) atoms. The molecule has 2 fully saturated rings. The van der Waals surface area contributed by atoms with E-state index in [4.69, 9.17) is 9.47 Å². The van der Waals surface area contributed by atoms with Gasteiger partial charge in [-0.1, -0.05) is 29.8 Å². The van der Waals surface area contributed by atoms with Crippen LogP contribution in [0.1, 0.15) is 12.5 Å². The molecule has 2 saturated heterocycles. The third kappa shape index (κ3) is 1.96. The Labute approximate surface area is 134 Å². The van der Waals surface area contributed by atoms with E-state index in [1.54, 1.807) is 11.8 Å². The van der Waals surface area contributed by atoms with Crippen molar-refractivity contribution in [1.29, 1.82) is 0 Å². The molecule has 4 rings (SSSR count). The first-order valence-corrected chi connectivity index (χ1v) is 7.97. The first kappa shape index (κ1) is 14.5. The normalized spacial score (nSPS) is 34.1. The molecule has 1 amide bonds. The second-order valence-electron chi connectivity index (χ2n) is 6.41. The van der Waals surface area contributed by atoms with Crippen molar-refractivity contribution in [2.75, 3.05) is 18.1 Å². The average Bonchev–Trinajstić information content (AvgIpc) is 3.17. The summed E-state index contributed by atoms with van der Waals surface area (Å²) in [5, 5.41) is 0. The zero-order valence-electron chi connectivity index (χ0n) is 13.2. The van der Waals surface area contributed by atoms with E-state index >= 15 is 0 Å². The molecule has 120 valence electrons. The first-order valence-electron chi connectivity index (χ1n) is 7.97. The van der Waals surface area contributed by atoms with Gasteiger partial charge in [-0.2, -0.15) is 0 Å². The number of carbonyl (C=O) groups is 2. The van der Waals surface area contributed by atoms with Crippen molar-refractivity contribution < 1.29 is 19.1 Å². The van der Waals surface area contributed by atoms with Gasteiger partial charge in [0, 0.05) is 5.69 Å². The van der Waals surface area contributed by atoms with Gasteiger partial charge in [0.15, 0.2) is 0 Å². The standard InChI is InChI=1S/C18H19NO4/c1-3-22-17(21)14-13-8-9-18(23-13)10-19(16(20)15(14)18)12-6-4-11(2)5-7-12/h4-9,13-15H,3,10H2,1-2H3/t13-,14-,15+,18-/m1/s1. The Balaban J connectivity index is 1.68. The Bertz CT molecular complexity index is 695. The summed E-state index contributed by atoms with van der Waals surface area (Å²) in [6.07, 6.45) is 3.50. The van der Waals surface area contributed by atoms with Crippen LogP contribution in [0.4, 0.5) is 5.69 Å². The molecule has 0 aromatic heterocycles. The highest BCUT2D eigenvalue weighted by molar-refractivity contribution is 6.02. The van der Waals surface area contributed by atoms with Crippen LogP contribution < -0.4 is 4.90 Å². The Kier molecular flexibility index (Phi) is 3.10. The van der Waals surface area contributed by atoms with Crippen molar-refractivity contribution in [2.24, 2.45) is 11.8 Å². The third-order valence-electron chi connectivity index (χ3n) is 5.00. The van der Waals surface area contributed by atoms with E-state index in [2.05, 4.69) is 0 Å². The molecule has 4 atom stereocenters. The van der Waals surface area contributed by atoms with Crippen LogP contribution in [-0.4, -0.2) is 36.7 Å². The Hall–Kier alpha value is -2.14. The molecule has 3 aliphatic rings. The number of hydrogen-bond acceptors (Lipinski definition) is 4. The number of ether oxygens (including phenoxy) is 2. The zero-order chi connectivity index (χ0) is 16.2. The quantitative estimate of drug-likeness (QED) is 0.631. The lowest BCUT2D eigenvalue weighted by Gasteiger charge is -2.22. The summed E-state index contributed by atoms with van der Waals surface area (Å²) >= 11 is 0. The molecule has 0 N–H and O–H groups in total. The lowest BCUT2D eigenvalue weighted by Crippen LogP contribution is -2.40. The lowest BCUT2D eigenvalue weighted by atomic mass is 9.77. The van der Waals surface area contributed by atoms with Crippen molar-refractivity contribution >= 4 is 17.6 Å². The predicted octanol–water partition coefficient (Wildman–Crippen LogP) is 1.84. The highest BCUT2D eigenvalue weighted by Gasteiger charge is 2.67. The largest absolute Gasteiger partial charge is 0.466 e. The Morgan fingerprint density at radius 3 is 2.83 bits per heavy atom. The van der Waals surface area contributed by atoms with Crippen molar-refractivity contribution in [3.05, 3.63) is 42.0 Å². The number of benzene rings is 1. The number of hydrogen-bond donors (Lipinski definition) is 0. The third-order valence-corrected chi connectivity index (χ3v) is 5.00. The van der Waals surface area contributed by atoms with Crippen LogP contribution in [0.2, 0.25) is 0 Å². The van der Waals surface area contributed by atoms with Gasteiger partial charge in [0.2, 0.25) is 5.91 Å². The van der Waals surface area contributed by atoms with Gasteiger partial charge in [-0.05, 0) is 26.0 Å². The molecule has 3 heterocycles. The molecule has 0 saturated carbocycles. The molecule has 1 spiro atoms. The number of carbonyl (C=O) groups excluding carboxylic acids is 2. The topological polar surface area (TPSA) is 55.8 Å². The van der Waals surface area contributed by atoms with E-state index in [1.807, 2.05) is 43.3 Å². The summed E-state index contributed by atoms with van der Waals surface area (Å²) in [7, 11) is 0. The first-order chi connectivity index (χ1) is 11.1. The number of rotatable bonds is 3. The molecule has 0 aliphatic carbocycles. The molecular formula is C18H19NO4. The van der Waals surface area contributed by atoms with E-state index < -0.39 is 17.4 Å². The fraction of sp³-hybridized carbons (Fsp3) is 0.444. The van der Waals surface area contributed by atoms with Crippen molar-refractivity contribution in [1.82, 2.24) is 0 Å². The second kappa shape index (κ2) is 4.93. The highest BCUT2D eigenvalue weighted by Crippen LogP contribution is 2.52. The number of nitrogens with zero attached hydrogens (tertiary/aromatic N) is 1. The van der Waals surface area contributed by atoms with E-state index in [0.29, 0.717) is 13.2 Å². The van der Waals surface area contributed by atoms with E-state index in [1.165, 1.54) is 0 Å². The fourth-order valence-corrected chi connectivity index (χ4v) is 3.95. The maximum absolute atomic E-state index is 13.0. The van der Waals surface area contributed by atoms with Gasteiger partial charge >= 0.3 is 5.97 Å². The summed E-state index contributed by atoms with van der Waals surface area (Å²) in [6, 6.07) is 7.82. The van der Waals surface area contributed by atoms with Crippen LogP contribution in [0.15, 0.2) is 36.4 Å². The van der Waals surface area contributed by atoms with E-state index in [0.717, 1.165) is 11.3 Å². The van der Waals surface area contributed by atoms with Gasteiger partial charge in [0.05, 0.1) is 25.2 Å². The summed E-state index contributed by atoms with van der Waals surface area (Å²) in [4.78, 5) is 27.0. The molecule has 1 aromatic rings. The fourth-order valence-electron chi connectivity index (χ4n) is 3.95. The van der Waals surface area contributed by atoms with Crippen molar-refractivity contribution in [3.8, 4) is 0 Å². The summed E-state index contributed by atoms with van der Waals surface area (Å²) in [6.45, 7) is 4.53. The van der Waals surface area contributed by atoms with Crippen molar-refractivity contribution in [3.63, 3.8) is 0 Å². The van der Waals surface area contributed by atoms with Crippen molar-refractivity contribution in [2.45, 2.75) is 25.6 Å². The number of aryl methyl sites for hydroxylation is 1. The number of fused-ring (bicyclic) bond motifs is 1. The Morgan fingerprint density at radius 2 is 2.13 bits per heavy atom. The molecular weight excluding hydrogens is 294 g/mol. The molecule has 0 radical (unpaired) electrons. The maximum Gasteiger partial charge on any atom is 0.312 e. The lowest BCUT2D eigenvalue weighted by molar-refractivity contribution is -0.151. The van der Waals surface area contributed by atoms with Gasteiger partial charge in [0.25, 0.3) is 0 Å². The monoisotopic (exact) mass is 313 g/mol. The second-order valence-corrected chi connectivity index (χ2v) is 6.41. The summed E-state index contributed by atoms with van der Waals surface area (Å²) in [5.41, 5.74) is 1.29. The van der Waals surface area contributed by atoms with E-state index in [9.17, 15) is 9.59 Å². The molecule has 2 bridgehead atoms. The van der Waals surface area contributed by atoms with Gasteiger partial charge in [-0.3, -0.25) is 9.59 Å². The number of amides is 1. The van der Waals surface area contributed by atoms with Gasteiger partial charge in [-0.25, -0.2) is 0 Å². The molecule has 5 nitrogen and oxygen atoms in total. The van der Waals surface area contributed by atoms with Crippen LogP contribution >= 0.6 is 0 Å². The molecule has 1 aromatic carbocycles. The minimum Gasteiger partial charge on any atom is -0.466 e. The average molecular weight is 313 g/mol. The van der Waals surface area contributed by atoms with Gasteiger partial charge in [-0.15, -0.1) is 0 Å². The smallest absolute Gasteiger partial charge is 0.312 e. The predicted molar refractivity (Wildman–Crippen MR) is 83.9 cm³/mol. The van der Waals surface area contributed by atoms with Crippen LogP contribution in [0.5, 0.6) is 0 Å². The minimum atomic E-state index is -0.690. The maximum atomic E-state index is 13.0. The van der Waals surface area contributed by atoms with E-state index in [-0.39, 0.29) is 18.0 Å². The van der Waals surface area contributed by atoms with Crippen LogP contribution in [-0.2, 0) is 19.1 Å². The van der Waals surface area contributed by atoms with Crippen LogP contribution in [0.25, 0.3) is 0 Å². The van der Waals surface area contributed by atoms with Crippen LogP contribution in [0, 0.1) is 18.8 Å². The zero-order valence-corrected chi connectivity index (χ0v) is 13.2. The summed E-state index contributed by atoms with van der Waals surface area (Å²) < 4.78 is 11.2. The molecule has 3 aliphatic heterocycles.